The SMILES string of the molecule is CN(C)C(=O)C(NC(=O)CNC(=O)C(=O)C(CCC(F)F)NC(=O)C1CCCN1C(=O)C(NC(=O)CC(C)(C)C)C1CCCCC1)c1ccccc1. The van der Waals surface area contributed by atoms with Gasteiger partial charge in [0.2, 0.25) is 41.7 Å². The fraction of sp³-hybridized carbons (Fsp3) is 0.649. The maximum absolute atomic E-state index is 14.0. The van der Waals surface area contributed by atoms with Gasteiger partial charge in [-0.2, -0.15) is 0 Å². The minimum atomic E-state index is -2.83. The van der Waals surface area contributed by atoms with Crippen molar-refractivity contribution in [1.82, 2.24) is 31.1 Å². The van der Waals surface area contributed by atoms with Crippen molar-refractivity contribution in [3.63, 3.8) is 0 Å². The number of hydrogen-bond acceptors (Lipinski definition) is 7. The van der Waals surface area contributed by atoms with Crippen LogP contribution in [-0.4, -0.2) is 103 Å². The topological polar surface area (TPSA) is 174 Å². The van der Waals surface area contributed by atoms with E-state index in [-0.39, 0.29) is 36.6 Å². The first kappa shape index (κ1) is 42.0. The Labute approximate surface area is 304 Å². The Balaban J connectivity index is 1.70. The lowest BCUT2D eigenvalue weighted by atomic mass is 9.82. The monoisotopic (exact) mass is 732 g/mol. The number of ketones is 1. The second-order valence-corrected chi connectivity index (χ2v) is 15.1. The number of nitrogens with one attached hydrogen (secondary N) is 4. The van der Waals surface area contributed by atoms with Crippen LogP contribution in [0.2, 0.25) is 0 Å². The maximum Gasteiger partial charge on any atom is 0.290 e. The number of likely N-dealkylation sites (tertiary alicyclic amines) is 1. The number of carbonyl (C=O) groups excluding carboxylic acids is 7. The van der Waals surface area contributed by atoms with Gasteiger partial charge in [0.15, 0.2) is 0 Å². The zero-order valence-electron chi connectivity index (χ0n) is 30.8. The number of carbonyl (C=O) groups is 7. The average Bonchev–Trinajstić information content (AvgIpc) is 3.59. The summed E-state index contributed by atoms with van der Waals surface area (Å²) < 4.78 is 26.6. The number of benzene rings is 1. The molecule has 15 heteroatoms. The molecule has 0 radical (unpaired) electrons. The molecule has 4 unspecified atom stereocenters. The van der Waals surface area contributed by atoms with Gasteiger partial charge in [0.05, 0.1) is 12.6 Å². The minimum absolute atomic E-state index is 0.111. The molecule has 1 aliphatic heterocycles. The second kappa shape index (κ2) is 19.4. The number of halogens is 2. The molecule has 1 aliphatic carbocycles. The molecule has 1 heterocycles. The first-order chi connectivity index (χ1) is 24.5. The van der Waals surface area contributed by atoms with Gasteiger partial charge in [-0.15, -0.1) is 0 Å². The molecule has 2 aliphatic rings. The normalized spacial score (nSPS) is 18.2. The van der Waals surface area contributed by atoms with Crippen molar-refractivity contribution >= 4 is 41.2 Å². The molecule has 13 nitrogen and oxygen atoms in total. The van der Waals surface area contributed by atoms with Gasteiger partial charge in [-0.05, 0) is 49.0 Å². The van der Waals surface area contributed by atoms with Gasteiger partial charge >= 0.3 is 0 Å². The average molecular weight is 733 g/mol. The molecule has 1 aromatic rings. The van der Waals surface area contributed by atoms with E-state index in [0.29, 0.717) is 12.0 Å². The van der Waals surface area contributed by atoms with Crippen LogP contribution in [-0.2, 0) is 33.6 Å². The number of nitrogens with zero attached hydrogens (tertiary/aromatic N) is 2. The molecule has 2 fully saturated rings. The number of likely N-dealkylation sites (N-methyl/N-ethyl adjacent to an activating group) is 1. The Kier molecular flexibility index (Phi) is 15.7. The third-order valence-corrected chi connectivity index (χ3v) is 9.30. The fourth-order valence-corrected chi connectivity index (χ4v) is 6.68. The van der Waals surface area contributed by atoms with Crippen LogP contribution in [0.15, 0.2) is 30.3 Å². The van der Waals surface area contributed by atoms with Gasteiger partial charge in [-0.3, -0.25) is 33.6 Å². The molecule has 3 rings (SSSR count). The van der Waals surface area contributed by atoms with Crippen LogP contribution >= 0.6 is 0 Å². The standard InChI is InChI=1S/C37H54F2N6O7/c1-37(2,3)21-28(46)42-31(24-15-10-7-11-16-24)36(52)45-20-12-17-26(45)33(49)41-25(18-19-27(38)39)32(48)34(50)40-22-29(47)43-30(35(51)44(4)5)23-13-8-6-9-14-23/h6,8-9,13-14,24-27,30-31H,7,10-12,15-22H2,1-5H3,(H,40,50)(H,41,49)(H,42,46)(H,43,47). The van der Waals surface area contributed by atoms with E-state index in [4.69, 9.17) is 0 Å². The number of alkyl halides is 2. The van der Waals surface area contributed by atoms with Crippen LogP contribution in [0.1, 0.15) is 96.6 Å². The Morgan fingerprint density at radius 2 is 1.50 bits per heavy atom. The van der Waals surface area contributed by atoms with Crippen LogP contribution in [0.5, 0.6) is 0 Å². The van der Waals surface area contributed by atoms with Crippen molar-refractivity contribution in [2.45, 2.75) is 116 Å². The quantitative estimate of drug-likeness (QED) is 0.189. The molecular formula is C37H54F2N6O7. The fourth-order valence-electron chi connectivity index (χ4n) is 6.68. The van der Waals surface area contributed by atoms with Crippen molar-refractivity contribution in [1.29, 1.82) is 0 Å². The van der Waals surface area contributed by atoms with Crippen molar-refractivity contribution < 1.29 is 42.3 Å². The summed E-state index contributed by atoms with van der Waals surface area (Å²) in [4.78, 5) is 95.0. The summed E-state index contributed by atoms with van der Waals surface area (Å²) in [5, 5.41) is 10.1. The molecule has 0 spiro atoms. The highest BCUT2D eigenvalue weighted by Gasteiger charge is 2.42. The van der Waals surface area contributed by atoms with Gasteiger partial charge in [-0.25, -0.2) is 8.78 Å². The van der Waals surface area contributed by atoms with Gasteiger partial charge < -0.3 is 31.1 Å². The third-order valence-electron chi connectivity index (χ3n) is 9.30. The smallest absolute Gasteiger partial charge is 0.290 e. The summed E-state index contributed by atoms with van der Waals surface area (Å²) in [7, 11) is 3.03. The summed E-state index contributed by atoms with van der Waals surface area (Å²) >= 11 is 0. The van der Waals surface area contributed by atoms with Crippen molar-refractivity contribution in [3.8, 4) is 0 Å². The van der Waals surface area contributed by atoms with Crippen LogP contribution in [0.4, 0.5) is 8.78 Å². The number of hydrogen-bond donors (Lipinski definition) is 4. The lowest BCUT2D eigenvalue weighted by Crippen LogP contribution is -2.58. The predicted octanol–water partition coefficient (Wildman–Crippen LogP) is 2.64. The van der Waals surface area contributed by atoms with Gasteiger partial charge in [-0.1, -0.05) is 70.4 Å². The number of rotatable bonds is 16. The molecule has 288 valence electrons. The first-order valence-corrected chi connectivity index (χ1v) is 18.0. The van der Waals surface area contributed by atoms with E-state index < -0.39 is 85.3 Å². The van der Waals surface area contributed by atoms with Crippen LogP contribution in [0.25, 0.3) is 0 Å². The maximum atomic E-state index is 14.0. The summed E-state index contributed by atoms with van der Waals surface area (Å²) in [5.74, 6) is -5.32. The Bertz CT molecular complexity index is 1430. The molecular weight excluding hydrogens is 678 g/mol. The van der Waals surface area contributed by atoms with E-state index in [2.05, 4.69) is 21.3 Å². The molecule has 6 amide bonds. The van der Waals surface area contributed by atoms with Gasteiger partial charge in [0, 0.05) is 33.5 Å². The van der Waals surface area contributed by atoms with Crippen molar-refractivity contribution in [2.75, 3.05) is 27.2 Å². The van der Waals surface area contributed by atoms with Gasteiger partial charge in [0.1, 0.15) is 18.1 Å². The molecule has 4 N–H and O–H groups in total. The number of amides is 6. The molecule has 1 saturated carbocycles. The van der Waals surface area contributed by atoms with Crippen LogP contribution < -0.4 is 21.3 Å². The summed E-state index contributed by atoms with van der Waals surface area (Å²) in [6, 6.07) is 3.78. The van der Waals surface area contributed by atoms with Crippen molar-refractivity contribution in [2.24, 2.45) is 11.3 Å². The Hall–Kier alpha value is -4.43. The Morgan fingerprint density at radius 1 is 0.846 bits per heavy atom. The third kappa shape index (κ3) is 12.7. The van der Waals surface area contributed by atoms with E-state index in [1.165, 1.54) is 23.9 Å². The van der Waals surface area contributed by atoms with E-state index in [1.807, 2.05) is 20.8 Å². The van der Waals surface area contributed by atoms with E-state index in [1.54, 1.807) is 30.3 Å². The van der Waals surface area contributed by atoms with Crippen LogP contribution in [0, 0.1) is 11.3 Å². The molecule has 0 bridgehead atoms. The highest BCUT2D eigenvalue weighted by atomic mass is 19.3. The van der Waals surface area contributed by atoms with E-state index >= 15 is 0 Å². The second-order valence-electron chi connectivity index (χ2n) is 15.1. The first-order valence-electron chi connectivity index (χ1n) is 18.0. The molecule has 52 heavy (non-hydrogen) atoms. The van der Waals surface area contributed by atoms with Gasteiger partial charge in [0.25, 0.3) is 5.91 Å². The minimum Gasteiger partial charge on any atom is -0.347 e. The highest BCUT2D eigenvalue weighted by molar-refractivity contribution is 6.38. The lowest BCUT2D eigenvalue weighted by Gasteiger charge is -2.35. The largest absolute Gasteiger partial charge is 0.347 e. The van der Waals surface area contributed by atoms with Crippen LogP contribution in [0.3, 0.4) is 0 Å². The molecule has 0 aromatic heterocycles. The zero-order valence-corrected chi connectivity index (χ0v) is 30.8. The van der Waals surface area contributed by atoms with E-state index in [0.717, 1.165) is 32.1 Å². The zero-order chi connectivity index (χ0) is 38.6. The lowest BCUT2D eigenvalue weighted by molar-refractivity contribution is -0.144. The molecule has 1 saturated heterocycles. The summed E-state index contributed by atoms with van der Waals surface area (Å²) in [5.41, 5.74) is 0.176. The predicted molar refractivity (Wildman–Crippen MR) is 189 cm³/mol. The molecule has 1 aromatic carbocycles. The summed E-state index contributed by atoms with van der Waals surface area (Å²) in [6.07, 6.45) is 1.04. The molecule has 4 atom stereocenters. The Morgan fingerprint density at radius 3 is 2.10 bits per heavy atom. The number of Topliss-reactive ketones (excluding diaryl/α,β-unsaturated/α-hetero) is 1. The summed E-state index contributed by atoms with van der Waals surface area (Å²) in [6.45, 7) is 5.27. The highest BCUT2D eigenvalue weighted by Crippen LogP contribution is 2.30. The van der Waals surface area contributed by atoms with Crippen molar-refractivity contribution in [3.05, 3.63) is 35.9 Å². The van der Waals surface area contributed by atoms with E-state index in [9.17, 15) is 42.3 Å².